The van der Waals surface area contributed by atoms with Gasteiger partial charge in [-0.1, -0.05) is 0 Å². The van der Waals surface area contributed by atoms with Crippen molar-refractivity contribution < 1.29 is 14.3 Å². The standard InChI is InChI=1S/C12H16N2O3S2/c1-3-17-12(16)10-13-6-9(19-10)11(15)14(2)8-4-5-18-7-8/h6,8H,3-5,7H2,1-2H3. The maximum Gasteiger partial charge on any atom is 0.367 e. The number of esters is 1. The number of thioether (sulfide) groups is 1. The number of ether oxygens (including phenoxy) is 1. The van der Waals surface area contributed by atoms with Crippen LogP contribution in [-0.2, 0) is 4.74 Å². The molecule has 5 nitrogen and oxygen atoms in total. The van der Waals surface area contributed by atoms with E-state index in [2.05, 4.69) is 4.98 Å². The smallest absolute Gasteiger partial charge is 0.367 e. The van der Waals surface area contributed by atoms with E-state index in [9.17, 15) is 9.59 Å². The molecule has 1 aliphatic rings. The minimum absolute atomic E-state index is 0.0689. The average Bonchev–Trinajstić information content (AvgIpc) is 3.08. The molecule has 1 saturated heterocycles. The zero-order valence-corrected chi connectivity index (χ0v) is 12.6. The largest absolute Gasteiger partial charge is 0.461 e. The highest BCUT2D eigenvalue weighted by atomic mass is 32.2. The molecule has 7 heteroatoms. The van der Waals surface area contributed by atoms with E-state index in [-0.39, 0.29) is 17.0 Å². The van der Waals surface area contributed by atoms with Gasteiger partial charge in [0.15, 0.2) is 0 Å². The Balaban J connectivity index is 2.05. The fourth-order valence-corrected chi connectivity index (χ4v) is 3.89. The summed E-state index contributed by atoms with van der Waals surface area (Å²) in [5.41, 5.74) is 0. The Hall–Kier alpha value is -1.08. The third-order valence-electron chi connectivity index (χ3n) is 2.94. The number of nitrogens with zero attached hydrogens (tertiary/aromatic N) is 2. The Morgan fingerprint density at radius 3 is 3.00 bits per heavy atom. The van der Waals surface area contributed by atoms with Crippen LogP contribution < -0.4 is 0 Å². The summed E-state index contributed by atoms with van der Waals surface area (Å²) in [5, 5.41) is 0.236. The summed E-state index contributed by atoms with van der Waals surface area (Å²) < 4.78 is 4.86. The Labute approximate surface area is 120 Å². The number of aromatic nitrogens is 1. The van der Waals surface area contributed by atoms with Crippen molar-refractivity contribution in [3.8, 4) is 0 Å². The van der Waals surface area contributed by atoms with Crippen LogP contribution in [-0.4, -0.2) is 53.0 Å². The fourth-order valence-electron chi connectivity index (χ4n) is 1.83. The van der Waals surface area contributed by atoms with Crippen LogP contribution in [0.5, 0.6) is 0 Å². The van der Waals surface area contributed by atoms with Gasteiger partial charge in [0.2, 0.25) is 5.01 Å². The van der Waals surface area contributed by atoms with E-state index in [4.69, 9.17) is 4.74 Å². The molecule has 104 valence electrons. The van der Waals surface area contributed by atoms with E-state index in [0.717, 1.165) is 29.3 Å². The number of hydrogen-bond donors (Lipinski definition) is 0. The molecule has 2 heterocycles. The van der Waals surface area contributed by atoms with Gasteiger partial charge in [0.1, 0.15) is 4.88 Å². The number of carbonyl (C=O) groups is 2. The van der Waals surface area contributed by atoms with Crippen LogP contribution in [0.1, 0.15) is 32.8 Å². The summed E-state index contributed by atoms with van der Waals surface area (Å²) in [4.78, 5) is 30.0. The highest BCUT2D eigenvalue weighted by Gasteiger charge is 2.26. The third kappa shape index (κ3) is 3.27. The van der Waals surface area contributed by atoms with E-state index < -0.39 is 5.97 Å². The highest BCUT2D eigenvalue weighted by Crippen LogP contribution is 2.24. The van der Waals surface area contributed by atoms with Gasteiger partial charge in [-0.2, -0.15) is 11.8 Å². The van der Waals surface area contributed by atoms with E-state index in [0.29, 0.717) is 11.5 Å². The first-order valence-electron chi connectivity index (χ1n) is 6.11. The number of thiazole rings is 1. The van der Waals surface area contributed by atoms with Crippen molar-refractivity contribution in [3.63, 3.8) is 0 Å². The first-order chi connectivity index (χ1) is 9.13. The molecule has 1 aromatic rings. The molecule has 1 fully saturated rings. The first-order valence-corrected chi connectivity index (χ1v) is 8.08. The maximum absolute atomic E-state index is 12.3. The topological polar surface area (TPSA) is 59.5 Å². The van der Waals surface area contributed by atoms with E-state index in [1.807, 2.05) is 18.8 Å². The van der Waals surface area contributed by atoms with Crippen LogP contribution in [0.15, 0.2) is 6.20 Å². The number of amides is 1. The zero-order valence-electron chi connectivity index (χ0n) is 10.9. The summed E-state index contributed by atoms with van der Waals surface area (Å²) in [6.45, 7) is 2.05. The monoisotopic (exact) mass is 300 g/mol. The molecule has 1 atom stereocenters. The predicted molar refractivity (Wildman–Crippen MR) is 75.9 cm³/mol. The zero-order chi connectivity index (χ0) is 13.8. The molecule has 1 amide bonds. The average molecular weight is 300 g/mol. The minimum Gasteiger partial charge on any atom is -0.461 e. The summed E-state index contributed by atoms with van der Waals surface area (Å²) >= 11 is 2.95. The van der Waals surface area contributed by atoms with Gasteiger partial charge < -0.3 is 9.64 Å². The van der Waals surface area contributed by atoms with Crippen LogP contribution in [0.2, 0.25) is 0 Å². The first kappa shape index (κ1) is 14.3. The second-order valence-electron chi connectivity index (χ2n) is 4.18. The lowest BCUT2D eigenvalue weighted by molar-refractivity contribution is 0.0525. The van der Waals surface area contributed by atoms with Gasteiger partial charge in [-0.25, -0.2) is 9.78 Å². The van der Waals surface area contributed by atoms with Crippen LogP contribution in [0.25, 0.3) is 0 Å². The van der Waals surface area contributed by atoms with E-state index >= 15 is 0 Å². The molecule has 0 aromatic carbocycles. The highest BCUT2D eigenvalue weighted by molar-refractivity contribution is 7.99. The van der Waals surface area contributed by atoms with Crippen molar-refractivity contribution in [2.24, 2.45) is 0 Å². The second-order valence-corrected chi connectivity index (χ2v) is 6.36. The lowest BCUT2D eigenvalue weighted by atomic mass is 10.2. The van der Waals surface area contributed by atoms with Crippen LogP contribution in [0, 0.1) is 0 Å². The van der Waals surface area contributed by atoms with E-state index in [1.165, 1.54) is 6.20 Å². The van der Waals surface area contributed by atoms with Gasteiger partial charge in [0.25, 0.3) is 5.91 Å². The number of carbonyl (C=O) groups excluding carboxylic acids is 2. The molecule has 0 N–H and O–H groups in total. The molecule has 0 bridgehead atoms. The fraction of sp³-hybridized carbons (Fsp3) is 0.583. The molecule has 1 aromatic heterocycles. The summed E-state index contributed by atoms with van der Waals surface area (Å²) in [5.74, 6) is 1.54. The normalized spacial score (nSPS) is 18.3. The maximum atomic E-state index is 12.3. The van der Waals surface area contributed by atoms with Crippen molar-refractivity contribution in [1.29, 1.82) is 0 Å². The lowest BCUT2D eigenvalue weighted by Crippen LogP contribution is -2.36. The molecular weight excluding hydrogens is 284 g/mol. The molecule has 0 aliphatic carbocycles. The van der Waals surface area contributed by atoms with Gasteiger partial charge in [-0.05, 0) is 19.1 Å². The van der Waals surface area contributed by atoms with Crippen molar-refractivity contribution in [2.45, 2.75) is 19.4 Å². The molecule has 19 heavy (non-hydrogen) atoms. The van der Waals surface area contributed by atoms with Crippen LogP contribution >= 0.6 is 23.1 Å². The van der Waals surface area contributed by atoms with Gasteiger partial charge in [-0.3, -0.25) is 4.79 Å². The van der Waals surface area contributed by atoms with Gasteiger partial charge in [-0.15, -0.1) is 11.3 Å². The Morgan fingerprint density at radius 2 is 2.37 bits per heavy atom. The van der Waals surface area contributed by atoms with Gasteiger partial charge >= 0.3 is 5.97 Å². The molecule has 1 unspecified atom stereocenters. The molecule has 0 spiro atoms. The molecule has 1 aliphatic heterocycles. The predicted octanol–water partition coefficient (Wildman–Crippen LogP) is 1.90. The van der Waals surface area contributed by atoms with Crippen molar-refractivity contribution in [2.75, 3.05) is 25.2 Å². The Bertz CT molecular complexity index is 469. The SMILES string of the molecule is CCOC(=O)c1ncc(C(=O)N(C)C2CCSC2)s1. The molecule has 0 saturated carbocycles. The summed E-state index contributed by atoms with van der Waals surface area (Å²) in [7, 11) is 1.81. The van der Waals surface area contributed by atoms with Crippen molar-refractivity contribution in [1.82, 2.24) is 9.88 Å². The van der Waals surface area contributed by atoms with Gasteiger partial charge in [0.05, 0.1) is 12.8 Å². The summed E-state index contributed by atoms with van der Waals surface area (Å²) in [6, 6.07) is 0.283. The van der Waals surface area contributed by atoms with Crippen LogP contribution in [0.4, 0.5) is 0 Å². The summed E-state index contributed by atoms with van der Waals surface area (Å²) in [6.07, 6.45) is 2.48. The quantitative estimate of drug-likeness (QED) is 0.795. The van der Waals surface area contributed by atoms with Crippen molar-refractivity contribution >= 4 is 35.0 Å². The number of rotatable bonds is 4. The van der Waals surface area contributed by atoms with Crippen LogP contribution in [0.3, 0.4) is 0 Å². The van der Waals surface area contributed by atoms with E-state index in [1.54, 1.807) is 11.8 Å². The van der Waals surface area contributed by atoms with Gasteiger partial charge in [0, 0.05) is 18.8 Å². The minimum atomic E-state index is -0.467. The molecule has 0 radical (unpaired) electrons. The molecular formula is C12H16N2O3S2. The Morgan fingerprint density at radius 1 is 1.58 bits per heavy atom. The Kier molecular flexibility index (Phi) is 4.81. The van der Waals surface area contributed by atoms with Crippen molar-refractivity contribution in [3.05, 3.63) is 16.1 Å². The lowest BCUT2D eigenvalue weighted by Gasteiger charge is -2.22. The molecule has 2 rings (SSSR count). The second kappa shape index (κ2) is 6.38. The number of hydrogen-bond acceptors (Lipinski definition) is 6. The third-order valence-corrected chi connectivity index (χ3v) is 5.05.